The Hall–Kier alpha value is -2.47. The van der Waals surface area contributed by atoms with Gasteiger partial charge in [0, 0.05) is 6.42 Å². The first kappa shape index (κ1) is 12.3. The summed E-state index contributed by atoms with van der Waals surface area (Å²) in [6.07, 6.45) is 2.39. The van der Waals surface area contributed by atoms with E-state index in [0.717, 1.165) is 27.1 Å². The highest BCUT2D eigenvalue weighted by molar-refractivity contribution is 7.19. The average Bonchev–Trinajstić information content (AvgIpc) is 3.17. The van der Waals surface area contributed by atoms with Crippen LogP contribution in [-0.2, 0) is 6.42 Å². The molecule has 4 rings (SSSR count). The van der Waals surface area contributed by atoms with E-state index in [2.05, 4.69) is 27.4 Å². The van der Waals surface area contributed by atoms with Crippen LogP contribution in [0.5, 0.6) is 0 Å². The van der Waals surface area contributed by atoms with Crippen LogP contribution in [0.25, 0.3) is 15.7 Å². The normalized spacial score (nSPS) is 11.3. The van der Waals surface area contributed by atoms with Gasteiger partial charge in [-0.25, -0.2) is 0 Å². The number of benzene rings is 1. The van der Waals surface area contributed by atoms with Crippen LogP contribution in [-0.4, -0.2) is 19.8 Å². The van der Waals surface area contributed by atoms with Crippen molar-refractivity contribution in [1.29, 1.82) is 0 Å². The topological polar surface area (TPSA) is 56.2 Å². The first-order chi connectivity index (χ1) is 10.3. The molecular weight excluding hydrogens is 284 g/mol. The molecule has 0 radical (unpaired) electrons. The Balaban J connectivity index is 1.75. The predicted octanol–water partition coefficient (Wildman–Crippen LogP) is 3.35. The van der Waals surface area contributed by atoms with Crippen molar-refractivity contribution in [3.8, 4) is 10.8 Å². The van der Waals surface area contributed by atoms with Crippen LogP contribution in [0.4, 0.5) is 0 Å². The Labute approximate surface area is 124 Å². The Bertz CT molecular complexity index is 891. The van der Waals surface area contributed by atoms with Gasteiger partial charge in [-0.2, -0.15) is 4.52 Å². The summed E-state index contributed by atoms with van der Waals surface area (Å²) in [7, 11) is 0. The van der Waals surface area contributed by atoms with Gasteiger partial charge in [0.2, 0.25) is 4.96 Å². The van der Waals surface area contributed by atoms with Gasteiger partial charge in [-0.1, -0.05) is 41.7 Å². The summed E-state index contributed by atoms with van der Waals surface area (Å²) in [5.74, 6) is 1.64. The van der Waals surface area contributed by atoms with E-state index in [4.69, 9.17) is 4.42 Å². The van der Waals surface area contributed by atoms with Gasteiger partial charge in [0.15, 0.2) is 16.6 Å². The summed E-state index contributed by atoms with van der Waals surface area (Å²) in [5.41, 5.74) is 2.26. The highest BCUT2D eigenvalue weighted by Gasteiger charge is 2.16. The number of hydrogen-bond donors (Lipinski definition) is 0. The molecule has 6 heteroatoms. The third-order valence-electron chi connectivity index (χ3n) is 3.32. The summed E-state index contributed by atoms with van der Waals surface area (Å²) in [6, 6.07) is 12.1. The molecule has 0 aliphatic carbocycles. The highest BCUT2D eigenvalue weighted by atomic mass is 32.1. The molecule has 0 spiro atoms. The number of aromatic nitrogens is 4. The lowest BCUT2D eigenvalue weighted by Gasteiger charge is -1.97. The van der Waals surface area contributed by atoms with Gasteiger partial charge in [0.25, 0.3) is 0 Å². The van der Waals surface area contributed by atoms with Crippen molar-refractivity contribution in [3.63, 3.8) is 0 Å². The summed E-state index contributed by atoms with van der Waals surface area (Å²) in [6.45, 7) is 2.01. The molecule has 0 saturated heterocycles. The monoisotopic (exact) mass is 296 g/mol. The fourth-order valence-electron chi connectivity index (χ4n) is 2.23. The largest absolute Gasteiger partial charge is 0.461 e. The summed E-state index contributed by atoms with van der Waals surface area (Å²) in [4.78, 5) is 0.784. The van der Waals surface area contributed by atoms with Crippen LogP contribution >= 0.6 is 11.3 Å². The van der Waals surface area contributed by atoms with Gasteiger partial charge < -0.3 is 4.42 Å². The Morgan fingerprint density at radius 1 is 1.14 bits per heavy atom. The van der Waals surface area contributed by atoms with Crippen LogP contribution in [0.15, 0.2) is 47.1 Å². The van der Waals surface area contributed by atoms with E-state index >= 15 is 0 Å². The molecule has 0 atom stereocenters. The first-order valence-electron chi connectivity index (χ1n) is 6.61. The SMILES string of the molecule is Cc1ccoc1-c1nn2c(Cc3ccccc3)nnc2s1. The van der Waals surface area contributed by atoms with Crippen molar-refractivity contribution in [2.24, 2.45) is 0 Å². The average molecular weight is 296 g/mol. The molecule has 104 valence electrons. The molecule has 0 saturated carbocycles. The van der Waals surface area contributed by atoms with Crippen LogP contribution in [0.1, 0.15) is 17.0 Å². The van der Waals surface area contributed by atoms with Crippen LogP contribution in [0.3, 0.4) is 0 Å². The van der Waals surface area contributed by atoms with Gasteiger partial charge >= 0.3 is 0 Å². The second-order valence-corrected chi connectivity index (χ2v) is 5.77. The van der Waals surface area contributed by atoms with Crippen LogP contribution in [0, 0.1) is 6.92 Å². The minimum atomic E-state index is 0.711. The number of rotatable bonds is 3. The molecule has 0 amide bonds. The maximum atomic E-state index is 5.49. The van der Waals surface area contributed by atoms with E-state index < -0.39 is 0 Å². The van der Waals surface area contributed by atoms with E-state index in [0.29, 0.717) is 6.42 Å². The second-order valence-electron chi connectivity index (χ2n) is 4.81. The second kappa shape index (κ2) is 4.82. The minimum Gasteiger partial charge on any atom is -0.461 e. The summed E-state index contributed by atoms with van der Waals surface area (Å²) in [5, 5.41) is 13.8. The van der Waals surface area contributed by atoms with Gasteiger partial charge in [0.1, 0.15) is 0 Å². The molecular formula is C15H12N4OS. The number of fused-ring (bicyclic) bond motifs is 1. The lowest BCUT2D eigenvalue weighted by Crippen LogP contribution is -1.97. The zero-order valence-corrected chi connectivity index (χ0v) is 12.2. The van der Waals surface area contributed by atoms with E-state index in [-0.39, 0.29) is 0 Å². The molecule has 4 aromatic rings. The first-order valence-corrected chi connectivity index (χ1v) is 7.42. The smallest absolute Gasteiger partial charge is 0.235 e. The van der Waals surface area contributed by atoms with Crippen LogP contribution in [0.2, 0.25) is 0 Å². The fraction of sp³-hybridized carbons (Fsp3) is 0.133. The van der Waals surface area contributed by atoms with Crippen molar-refractivity contribution >= 4 is 16.3 Å². The van der Waals surface area contributed by atoms with E-state index in [1.165, 1.54) is 16.9 Å². The molecule has 0 bridgehead atoms. The van der Waals surface area contributed by atoms with Crippen LogP contribution < -0.4 is 0 Å². The molecule has 0 aliphatic heterocycles. The van der Waals surface area contributed by atoms with Crippen molar-refractivity contribution in [1.82, 2.24) is 19.8 Å². The quantitative estimate of drug-likeness (QED) is 0.582. The van der Waals surface area contributed by atoms with E-state index in [1.807, 2.05) is 31.2 Å². The number of aryl methyl sites for hydroxylation is 1. The van der Waals surface area contributed by atoms with Gasteiger partial charge in [0.05, 0.1) is 6.26 Å². The molecule has 0 fully saturated rings. The molecule has 1 aromatic carbocycles. The zero-order valence-electron chi connectivity index (χ0n) is 11.4. The van der Waals surface area contributed by atoms with E-state index in [9.17, 15) is 0 Å². The molecule has 5 nitrogen and oxygen atoms in total. The van der Waals surface area contributed by atoms with Crippen molar-refractivity contribution in [2.75, 3.05) is 0 Å². The Kier molecular flexibility index (Phi) is 2.82. The predicted molar refractivity (Wildman–Crippen MR) is 80.3 cm³/mol. The van der Waals surface area contributed by atoms with Crippen molar-refractivity contribution in [2.45, 2.75) is 13.3 Å². The lowest BCUT2D eigenvalue weighted by molar-refractivity contribution is 0.579. The maximum Gasteiger partial charge on any atom is 0.235 e. The molecule has 3 heterocycles. The molecule has 3 aromatic heterocycles. The Morgan fingerprint density at radius 2 is 2.00 bits per heavy atom. The maximum absolute atomic E-state index is 5.49. The molecule has 0 N–H and O–H groups in total. The summed E-state index contributed by atoms with van der Waals surface area (Å²) >= 11 is 1.49. The summed E-state index contributed by atoms with van der Waals surface area (Å²) < 4.78 is 7.29. The number of furan rings is 1. The Morgan fingerprint density at radius 3 is 2.76 bits per heavy atom. The van der Waals surface area contributed by atoms with Gasteiger partial charge in [-0.15, -0.1) is 15.3 Å². The molecule has 0 unspecified atom stereocenters. The fourth-order valence-corrected chi connectivity index (χ4v) is 3.14. The lowest BCUT2D eigenvalue weighted by atomic mass is 10.1. The zero-order chi connectivity index (χ0) is 14.2. The van der Waals surface area contributed by atoms with Crippen molar-refractivity contribution < 1.29 is 4.42 Å². The third kappa shape index (κ3) is 2.13. The highest BCUT2D eigenvalue weighted by Crippen LogP contribution is 2.28. The third-order valence-corrected chi connectivity index (χ3v) is 4.21. The number of hydrogen-bond acceptors (Lipinski definition) is 5. The minimum absolute atomic E-state index is 0.711. The number of nitrogens with zero attached hydrogens (tertiary/aromatic N) is 4. The van der Waals surface area contributed by atoms with E-state index in [1.54, 1.807) is 10.8 Å². The molecule has 0 aliphatic rings. The van der Waals surface area contributed by atoms with Gasteiger partial charge in [-0.05, 0) is 24.1 Å². The van der Waals surface area contributed by atoms with Gasteiger partial charge in [-0.3, -0.25) is 0 Å². The molecule has 21 heavy (non-hydrogen) atoms. The van der Waals surface area contributed by atoms with Crippen molar-refractivity contribution in [3.05, 3.63) is 59.6 Å². The standard InChI is InChI=1S/C15H12N4OS/c1-10-7-8-20-13(10)14-18-19-12(16-17-15(19)21-14)9-11-5-3-2-4-6-11/h2-8H,9H2,1H3.